The Labute approximate surface area is 56.1 Å². The molecule has 3 heteroatoms. The van der Waals surface area contributed by atoms with Crippen molar-refractivity contribution in [3.05, 3.63) is 6.92 Å². The molecular formula is C6H14N3. The molecule has 3 nitrogen and oxygen atoms in total. The third kappa shape index (κ3) is 5.14. The summed E-state index contributed by atoms with van der Waals surface area (Å²) >= 11 is 0. The van der Waals surface area contributed by atoms with Crippen LogP contribution in [0.3, 0.4) is 0 Å². The summed E-state index contributed by atoms with van der Waals surface area (Å²) in [6, 6.07) is 0.278. The zero-order chi connectivity index (χ0) is 7.28. The Morgan fingerprint density at radius 3 is 2.78 bits per heavy atom. The summed E-state index contributed by atoms with van der Waals surface area (Å²) in [6.07, 6.45) is 1.83. The Kier molecular flexibility index (Phi) is 3.84. The number of rotatable bonds is 3. The van der Waals surface area contributed by atoms with E-state index in [0.717, 1.165) is 12.8 Å². The van der Waals surface area contributed by atoms with Gasteiger partial charge in [-0.3, -0.25) is 5.41 Å². The van der Waals surface area contributed by atoms with Crippen LogP contribution in [0.2, 0.25) is 0 Å². The molecule has 0 aromatic heterocycles. The second-order valence-electron chi connectivity index (χ2n) is 2.10. The summed E-state index contributed by atoms with van der Waals surface area (Å²) in [7, 11) is 0. The molecular weight excluding hydrogens is 114 g/mol. The first-order valence-electron chi connectivity index (χ1n) is 3.06. The first-order chi connectivity index (χ1) is 4.16. The Hall–Kier alpha value is -0.730. The highest BCUT2D eigenvalue weighted by Gasteiger charge is 1.97. The fourth-order valence-electron chi connectivity index (χ4n) is 0.644. The van der Waals surface area contributed by atoms with Crippen molar-refractivity contribution in [1.29, 1.82) is 5.41 Å². The van der Waals surface area contributed by atoms with E-state index in [1.54, 1.807) is 0 Å². The molecule has 0 saturated heterocycles. The normalized spacial score (nSPS) is 12.7. The van der Waals surface area contributed by atoms with Crippen LogP contribution in [0.25, 0.3) is 0 Å². The van der Waals surface area contributed by atoms with Crippen LogP contribution in [0.1, 0.15) is 19.8 Å². The Balaban J connectivity index is 3.26. The number of hydrogen-bond donors (Lipinski definition) is 3. The van der Waals surface area contributed by atoms with Gasteiger partial charge in [0, 0.05) is 6.04 Å². The number of nitrogens with two attached hydrogens (primary N) is 1. The van der Waals surface area contributed by atoms with Gasteiger partial charge < -0.3 is 11.1 Å². The number of hydrogen-bond acceptors (Lipinski definition) is 1. The van der Waals surface area contributed by atoms with E-state index in [1.807, 2.05) is 6.92 Å². The zero-order valence-corrected chi connectivity index (χ0v) is 5.78. The lowest BCUT2D eigenvalue weighted by atomic mass is 10.2. The maximum atomic E-state index is 6.85. The van der Waals surface area contributed by atoms with Gasteiger partial charge >= 0.3 is 0 Å². The lowest BCUT2D eigenvalue weighted by molar-refractivity contribution is 0.608. The summed E-state index contributed by atoms with van der Waals surface area (Å²) in [6.45, 7) is 5.66. The predicted octanol–water partition coefficient (Wildman–Crippen LogP) is 0.472. The SMILES string of the molecule is [CH2]CCC(C)NC(=N)N. The second kappa shape index (κ2) is 4.18. The molecule has 0 amide bonds. The molecule has 0 spiro atoms. The molecule has 1 atom stereocenters. The van der Waals surface area contributed by atoms with Crippen molar-refractivity contribution < 1.29 is 0 Å². The standard InChI is InChI=1S/C6H14N3/c1-3-4-5(2)9-6(7)8/h5H,1,3-4H2,2H3,(H4,7,8,9). The average molecular weight is 128 g/mol. The summed E-state index contributed by atoms with van der Waals surface area (Å²) in [5.41, 5.74) is 5.08. The molecule has 0 aromatic rings. The Bertz CT molecular complexity index is 90.3. The first kappa shape index (κ1) is 8.27. The van der Waals surface area contributed by atoms with E-state index in [9.17, 15) is 0 Å². The molecule has 0 aromatic carbocycles. The first-order valence-corrected chi connectivity index (χ1v) is 3.06. The zero-order valence-electron chi connectivity index (χ0n) is 5.78. The fraction of sp³-hybridized carbons (Fsp3) is 0.667. The van der Waals surface area contributed by atoms with E-state index >= 15 is 0 Å². The maximum Gasteiger partial charge on any atom is 0.185 e. The lowest BCUT2D eigenvalue weighted by Gasteiger charge is -2.10. The highest BCUT2D eigenvalue weighted by molar-refractivity contribution is 5.74. The Morgan fingerprint density at radius 1 is 1.89 bits per heavy atom. The van der Waals surface area contributed by atoms with Crippen molar-refractivity contribution in [2.45, 2.75) is 25.8 Å². The third-order valence-corrected chi connectivity index (χ3v) is 1.04. The molecule has 4 N–H and O–H groups in total. The van der Waals surface area contributed by atoms with E-state index in [4.69, 9.17) is 11.1 Å². The molecule has 0 aliphatic rings. The molecule has 1 radical (unpaired) electrons. The quantitative estimate of drug-likeness (QED) is 0.382. The monoisotopic (exact) mass is 128 g/mol. The van der Waals surface area contributed by atoms with Crippen molar-refractivity contribution in [2.75, 3.05) is 0 Å². The molecule has 1 unspecified atom stereocenters. The molecule has 0 saturated carbocycles. The van der Waals surface area contributed by atoms with E-state index < -0.39 is 0 Å². The third-order valence-electron chi connectivity index (χ3n) is 1.04. The minimum atomic E-state index is 0.0379. The molecule has 0 bridgehead atoms. The number of nitrogens with one attached hydrogen (secondary N) is 2. The van der Waals surface area contributed by atoms with E-state index in [1.165, 1.54) is 0 Å². The van der Waals surface area contributed by atoms with Crippen molar-refractivity contribution in [3.63, 3.8) is 0 Å². The fourth-order valence-corrected chi connectivity index (χ4v) is 0.644. The summed E-state index contributed by atoms with van der Waals surface area (Å²) in [5.74, 6) is 0.0379. The van der Waals surface area contributed by atoms with Gasteiger partial charge in [-0.25, -0.2) is 0 Å². The topological polar surface area (TPSA) is 61.9 Å². The molecule has 0 rings (SSSR count). The molecule has 9 heavy (non-hydrogen) atoms. The van der Waals surface area contributed by atoms with Gasteiger partial charge in [0.2, 0.25) is 0 Å². The van der Waals surface area contributed by atoms with Crippen molar-refractivity contribution in [3.8, 4) is 0 Å². The largest absolute Gasteiger partial charge is 0.370 e. The van der Waals surface area contributed by atoms with Crippen LogP contribution in [-0.2, 0) is 0 Å². The van der Waals surface area contributed by atoms with Crippen LogP contribution in [0.4, 0.5) is 0 Å². The summed E-state index contributed by atoms with van der Waals surface area (Å²) in [5, 5.41) is 9.61. The van der Waals surface area contributed by atoms with E-state index in [0.29, 0.717) is 0 Å². The van der Waals surface area contributed by atoms with Crippen molar-refractivity contribution in [1.82, 2.24) is 5.32 Å². The average Bonchev–Trinajstić information content (AvgIpc) is 1.63. The van der Waals surface area contributed by atoms with Crippen LogP contribution >= 0.6 is 0 Å². The van der Waals surface area contributed by atoms with Crippen LogP contribution in [-0.4, -0.2) is 12.0 Å². The highest BCUT2D eigenvalue weighted by atomic mass is 15.1. The van der Waals surface area contributed by atoms with Gasteiger partial charge in [-0.1, -0.05) is 13.3 Å². The molecule has 0 fully saturated rings. The summed E-state index contributed by atoms with van der Waals surface area (Å²) < 4.78 is 0. The van der Waals surface area contributed by atoms with Crippen molar-refractivity contribution >= 4 is 5.96 Å². The predicted molar refractivity (Wildman–Crippen MR) is 39.1 cm³/mol. The van der Waals surface area contributed by atoms with E-state index in [-0.39, 0.29) is 12.0 Å². The van der Waals surface area contributed by atoms with Crippen LogP contribution in [0.5, 0.6) is 0 Å². The van der Waals surface area contributed by atoms with Crippen molar-refractivity contribution in [2.24, 2.45) is 5.73 Å². The molecule has 0 aliphatic carbocycles. The summed E-state index contributed by atoms with van der Waals surface area (Å²) in [4.78, 5) is 0. The van der Waals surface area contributed by atoms with Gasteiger partial charge in [-0.2, -0.15) is 0 Å². The smallest absolute Gasteiger partial charge is 0.185 e. The van der Waals surface area contributed by atoms with Gasteiger partial charge in [0.05, 0.1) is 0 Å². The van der Waals surface area contributed by atoms with Crippen LogP contribution < -0.4 is 11.1 Å². The van der Waals surface area contributed by atoms with Gasteiger partial charge in [0.1, 0.15) is 0 Å². The minimum absolute atomic E-state index is 0.0379. The van der Waals surface area contributed by atoms with Gasteiger partial charge in [-0.15, -0.1) is 0 Å². The van der Waals surface area contributed by atoms with Crippen LogP contribution in [0.15, 0.2) is 0 Å². The Morgan fingerprint density at radius 2 is 2.44 bits per heavy atom. The second-order valence-corrected chi connectivity index (χ2v) is 2.10. The molecule has 0 heterocycles. The van der Waals surface area contributed by atoms with Gasteiger partial charge in [0.15, 0.2) is 5.96 Å². The minimum Gasteiger partial charge on any atom is -0.370 e. The highest BCUT2D eigenvalue weighted by Crippen LogP contribution is 1.92. The number of guanidine groups is 1. The lowest BCUT2D eigenvalue weighted by Crippen LogP contribution is -2.37. The van der Waals surface area contributed by atoms with Gasteiger partial charge in [0.25, 0.3) is 0 Å². The molecule has 0 aliphatic heterocycles. The maximum absolute atomic E-state index is 6.85. The van der Waals surface area contributed by atoms with E-state index in [2.05, 4.69) is 12.2 Å². The van der Waals surface area contributed by atoms with Crippen LogP contribution in [0, 0.1) is 12.3 Å². The van der Waals surface area contributed by atoms with Gasteiger partial charge in [-0.05, 0) is 13.3 Å². The molecule has 53 valence electrons.